The van der Waals surface area contributed by atoms with Crippen LogP contribution in [0.3, 0.4) is 0 Å². The molecule has 0 radical (unpaired) electrons. The molecule has 2 rings (SSSR count). The van der Waals surface area contributed by atoms with Crippen LogP contribution in [0.1, 0.15) is 37.7 Å². The van der Waals surface area contributed by atoms with Gasteiger partial charge in [0.15, 0.2) is 0 Å². The van der Waals surface area contributed by atoms with Crippen molar-refractivity contribution >= 4 is 6.09 Å². The fraction of sp³-hybridized carbons (Fsp3) is 0.471. The number of hydrogen-bond acceptors (Lipinski definition) is 4. The molecule has 1 aliphatic carbocycles. The smallest absolute Gasteiger partial charge is 0.408 e. The van der Waals surface area contributed by atoms with Gasteiger partial charge in [-0.1, -0.05) is 30.3 Å². The fourth-order valence-corrected chi connectivity index (χ4v) is 2.24. The Balaban J connectivity index is 1.83. The van der Waals surface area contributed by atoms with Crippen LogP contribution in [0.4, 0.5) is 4.79 Å². The molecule has 1 fully saturated rings. The number of unbranched alkanes of at least 4 members (excludes halogenated alkanes) is 1. The van der Waals surface area contributed by atoms with Crippen molar-refractivity contribution in [1.82, 2.24) is 5.32 Å². The SMILES string of the molecule is NCCCC[C@H](NC(=O)OCc1ccccc1)C(O)=C1CC1. The average Bonchev–Trinajstić information content (AvgIpc) is 3.37. The van der Waals surface area contributed by atoms with Gasteiger partial charge in [-0.3, -0.25) is 0 Å². The van der Waals surface area contributed by atoms with E-state index in [0.717, 1.165) is 36.8 Å². The number of rotatable bonds is 8. The second-order valence-corrected chi connectivity index (χ2v) is 5.53. The van der Waals surface area contributed by atoms with Gasteiger partial charge in [-0.2, -0.15) is 0 Å². The molecule has 0 aromatic heterocycles. The fourth-order valence-electron chi connectivity index (χ4n) is 2.24. The largest absolute Gasteiger partial charge is 0.510 e. The molecule has 1 atom stereocenters. The third kappa shape index (κ3) is 5.41. The third-order valence-corrected chi connectivity index (χ3v) is 3.64. The van der Waals surface area contributed by atoms with E-state index in [-0.39, 0.29) is 12.6 Å². The molecule has 0 bridgehead atoms. The molecule has 1 aromatic carbocycles. The Morgan fingerprint density at radius 2 is 2.00 bits per heavy atom. The quantitative estimate of drug-likeness (QED) is 0.509. The lowest BCUT2D eigenvalue weighted by molar-refractivity contribution is 0.133. The summed E-state index contributed by atoms with van der Waals surface area (Å²) in [4.78, 5) is 11.9. The molecule has 0 aliphatic heterocycles. The number of alkyl carbamates (subject to hydrolysis) is 1. The van der Waals surface area contributed by atoms with Gasteiger partial charge in [0.25, 0.3) is 0 Å². The van der Waals surface area contributed by atoms with E-state index in [9.17, 15) is 9.90 Å². The van der Waals surface area contributed by atoms with E-state index in [2.05, 4.69) is 5.32 Å². The Labute approximate surface area is 131 Å². The minimum absolute atomic E-state index is 0.222. The number of benzene rings is 1. The lowest BCUT2D eigenvalue weighted by Gasteiger charge is -2.18. The predicted octanol–water partition coefficient (Wildman–Crippen LogP) is 3.02. The highest BCUT2D eigenvalue weighted by atomic mass is 16.5. The number of nitrogens with two attached hydrogens (primary N) is 1. The maximum atomic E-state index is 11.9. The van der Waals surface area contributed by atoms with Crippen molar-refractivity contribution < 1.29 is 14.6 Å². The summed E-state index contributed by atoms with van der Waals surface area (Å²) >= 11 is 0. The molecule has 5 nitrogen and oxygen atoms in total. The van der Waals surface area contributed by atoms with E-state index >= 15 is 0 Å². The monoisotopic (exact) mass is 304 g/mol. The first kappa shape index (κ1) is 16.4. The Morgan fingerprint density at radius 1 is 1.27 bits per heavy atom. The highest BCUT2D eigenvalue weighted by Gasteiger charge is 2.25. The van der Waals surface area contributed by atoms with Crippen LogP contribution in [0.5, 0.6) is 0 Å². The lowest BCUT2D eigenvalue weighted by Crippen LogP contribution is -2.37. The Morgan fingerprint density at radius 3 is 2.64 bits per heavy atom. The maximum absolute atomic E-state index is 11.9. The number of allylic oxidation sites excluding steroid dienone is 1. The van der Waals surface area contributed by atoms with Gasteiger partial charge < -0.3 is 20.9 Å². The van der Waals surface area contributed by atoms with Crippen molar-refractivity contribution in [2.75, 3.05) is 6.54 Å². The first-order valence-corrected chi connectivity index (χ1v) is 7.79. The van der Waals surface area contributed by atoms with Crippen LogP contribution in [0, 0.1) is 0 Å². The summed E-state index contributed by atoms with van der Waals surface area (Å²) in [5, 5.41) is 12.9. The Bertz CT molecular complexity index is 508. The summed E-state index contributed by atoms with van der Waals surface area (Å²) in [5.41, 5.74) is 7.45. The van der Waals surface area contributed by atoms with Crippen LogP contribution in [0.25, 0.3) is 0 Å². The summed E-state index contributed by atoms with van der Waals surface area (Å²) in [7, 11) is 0. The normalized spacial score (nSPS) is 14.3. The van der Waals surface area contributed by atoms with E-state index in [1.165, 1.54) is 0 Å². The zero-order valence-electron chi connectivity index (χ0n) is 12.8. The number of aliphatic hydroxyl groups is 1. The molecule has 22 heavy (non-hydrogen) atoms. The number of carbonyl (C=O) groups is 1. The molecule has 0 saturated heterocycles. The highest BCUT2D eigenvalue weighted by molar-refractivity contribution is 5.68. The van der Waals surface area contributed by atoms with Gasteiger partial charge >= 0.3 is 6.09 Å². The van der Waals surface area contributed by atoms with Crippen LogP contribution in [-0.4, -0.2) is 23.8 Å². The van der Waals surface area contributed by atoms with Gasteiger partial charge in [-0.15, -0.1) is 0 Å². The minimum Gasteiger partial charge on any atom is -0.510 e. The summed E-state index contributed by atoms with van der Waals surface area (Å²) in [6.45, 7) is 0.835. The Kier molecular flexibility index (Phi) is 6.27. The molecule has 1 amide bonds. The molecule has 5 heteroatoms. The average molecular weight is 304 g/mol. The van der Waals surface area contributed by atoms with E-state index in [1.807, 2.05) is 30.3 Å². The van der Waals surface area contributed by atoms with Crippen molar-refractivity contribution in [1.29, 1.82) is 0 Å². The van der Waals surface area contributed by atoms with E-state index in [4.69, 9.17) is 10.5 Å². The number of ether oxygens (including phenoxy) is 1. The van der Waals surface area contributed by atoms with Crippen molar-refractivity contribution in [2.24, 2.45) is 5.73 Å². The van der Waals surface area contributed by atoms with E-state index in [1.54, 1.807) is 0 Å². The number of amides is 1. The van der Waals surface area contributed by atoms with Crippen LogP contribution in [-0.2, 0) is 11.3 Å². The summed E-state index contributed by atoms with van der Waals surface area (Å²) < 4.78 is 5.21. The molecular formula is C17H24N2O3. The lowest BCUT2D eigenvalue weighted by atomic mass is 10.1. The van der Waals surface area contributed by atoms with Crippen molar-refractivity contribution in [3.63, 3.8) is 0 Å². The molecule has 0 spiro atoms. The van der Waals surface area contributed by atoms with E-state index < -0.39 is 6.09 Å². The van der Waals surface area contributed by atoms with Gasteiger partial charge in [-0.25, -0.2) is 4.79 Å². The van der Waals surface area contributed by atoms with Gasteiger partial charge in [0.05, 0.1) is 6.04 Å². The second kappa shape index (κ2) is 8.44. The molecule has 1 aliphatic rings. The predicted molar refractivity (Wildman–Crippen MR) is 85.3 cm³/mol. The minimum atomic E-state index is -0.505. The second-order valence-electron chi connectivity index (χ2n) is 5.53. The highest BCUT2D eigenvalue weighted by Crippen LogP contribution is 2.32. The van der Waals surface area contributed by atoms with Gasteiger partial charge in [-0.05, 0) is 49.8 Å². The summed E-state index contributed by atoms with van der Waals surface area (Å²) in [6, 6.07) is 9.14. The van der Waals surface area contributed by atoms with Crippen LogP contribution >= 0.6 is 0 Å². The topological polar surface area (TPSA) is 84.6 Å². The van der Waals surface area contributed by atoms with Crippen molar-refractivity contribution in [3.05, 3.63) is 47.2 Å². The van der Waals surface area contributed by atoms with E-state index in [0.29, 0.717) is 18.7 Å². The molecule has 120 valence electrons. The third-order valence-electron chi connectivity index (χ3n) is 3.64. The zero-order valence-corrected chi connectivity index (χ0v) is 12.8. The molecule has 1 aromatic rings. The first-order chi connectivity index (χ1) is 10.7. The summed E-state index contributed by atoms with van der Waals surface area (Å²) in [5.74, 6) is 0.300. The number of nitrogens with one attached hydrogen (secondary N) is 1. The molecule has 0 unspecified atom stereocenters. The van der Waals surface area contributed by atoms with Gasteiger partial charge in [0.2, 0.25) is 0 Å². The zero-order chi connectivity index (χ0) is 15.8. The number of carbonyl (C=O) groups excluding carboxylic acids is 1. The molecule has 4 N–H and O–H groups in total. The van der Waals surface area contributed by atoms with Crippen LogP contribution in [0.15, 0.2) is 41.7 Å². The maximum Gasteiger partial charge on any atom is 0.408 e. The molecular weight excluding hydrogens is 280 g/mol. The first-order valence-electron chi connectivity index (χ1n) is 7.79. The van der Waals surface area contributed by atoms with Crippen molar-refractivity contribution in [2.45, 2.75) is 44.8 Å². The van der Waals surface area contributed by atoms with Gasteiger partial charge in [0, 0.05) is 0 Å². The standard InChI is InChI=1S/C17H24N2O3/c18-11-5-4-8-15(16(20)14-9-10-14)19-17(21)22-12-13-6-2-1-3-7-13/h1-3,6-7,15,20H,4-5,8-12,18H2,(H,19,21)/t15-/m0/s1. The van der Waals surface area contributed by atoms with Crippen LogP contribution in [0.2, 0.25) is 0 Å². The van der Waals surface area contributed by atoms with Gasteiger partial charge in [0.1, 0.15) is 12.4 Å². The Hall–Kier alpha value is -2.01. The molecule has 1 saturated carbocycles. The number of aliphatic hydroxyl groups excluding tert-OH is 1. The summed E-state index contributed by atoms with van der Waals surface area (Å²) in [6.07, 6.45) is 3.74. The van der Waals surface area contributed by atoms with Crippen LogP contribution < -0.4 is 11.1 Å². The number of hydrogen-bond donors (Lipinski definition) is 3. The molecule has 0 heterocycles. The van der Waals surface area contributed by atoms with Crippen molar-refractivity contribution in [3.8, 4) is 0 Å².